The van der Waals surface area contributed by atoms with Gasteiger partial charge in [-0.2, -0.15) is 8.75 Å². The lowest BCUT2D eigenvalue weighted by Gasteiger charge is -2.13. The van der Waals surface area contributed by atoms with Crippen LogP contribution in [0.2, 0.25) is 5.02 Å². The van der Waals surface area contributed by atoms with E-state index in [1.165, 1.54) is 0 Å². The largest absolute Gasteiger partial charge is 0.321 e. The van der Waals surface area contributed by atoms with Gasteiger partial charge in [0.2, 0.25) is 5.91 Å². The van der Waals surface area contributed by atoms with Gasteiger partial charge in [0, 0.05) is 0 Å². The summed E-state index contributed by atoms with van der Waals surface area (Å²) in [6.07, 6.45) is 0. The Bertz CT molecular complexity index is 790. The van der Waals surface area contributed by atoms with Crippen molar-refractivity contribution >= 4 is 46.0 Å². The third-order valence-electron chi connectivity index (χ3n) is 3.07. The van der Waals surface area contributed by atoms with Crippen LogP contribution in [0.15, 0.2) is 42.5 Å². The highest BCUT2D eigenvalue weighted by Crippen LogP contribution is 2.30. The molecular weight excluding hydrogens is 308 g/mol. The lowest BCUT2D eigenvalue weighted by Crippen LogP contribution is -2.27. The number of aromatic nitrogens is 2. The molecule has 3 rings (SSSR count). The second kappa shape index (κ2) is 5.77. The van der Waals surface area contributed by atoms with Gasteiger partial charge in [-0.3, -0.25) is 4.79 Å². The summed E-state index contributed by atoms with van der Waals surface area (Å²) in [6.45, 7) is 0. The maximum Gasteiger partial charge on any atom is 0.245 e. The number of hydrogen-bond acceptors (Lipinski definition) is 5. The van der Waals surface area contributed by atoms with Crippen LogP contribution in [0.1, 0.15) is 11.6 Å². The molecule has 0 saturated heterocycles. The fourth-order valence-electron chi connectivity index (χ4n) is 1.96. The zero-order chi connectivity index (χ0) is 14.8. The number of anilines is 1. The Morgan fingerprint density at radius 1 is 1.19 bits per heavy atom. The number of hydrogen-bond donors (Lipinski definition) is 2. The Morgan fingerprint density at radius 3 is 2.71 bits per heavy atom. The van der Waals surface area contributed by atoms with Gasteiger partial charge in [-0.05, 0) is 17.7 Å². The fraction of sp³-hybridized carbons (Fsp3) is 0.0714. The molecule has 1 heterocycles. The number of fused-ring (bicyclic) bond motifs is 1. The van der Waals surface area contributed by atoms with Gasteiger partial charge in [0.25, 0.3) is 0 Å². The summed E-state index contributed by atoms with van der Waals surface area (Å²) in [5.74, 6) is -0.344. The third kappa shape index (κ3) is 2.73. The number of nitrogens with zero attached hydrogens (tertiary/aromatic N) is 2. The van der Waals surface area contributed by atoms with E-state index < -0.39 is 6.04 Å². The molecule has 106 valence electrons. The molecule has 0 aliphatic heterocycles. The van der Waals surface area contributed by atoms with E-state index >= 15 is 0 Å². The predicted molar refractivity (Wildman–Crippen MR) is 84.4 cm³/mol. The maximum atomic E-state index is 12.3. The van der Waals surface area contributed by atoms with Gasteiger partial charge in [-0.1, -0.05) is 41.9 Å². The zero-order valence-corrected chi connectivity index (χ0v) is 12.4. The molecule has 0 radical (unpaired) electrons. The van der Waals surface area contributed by atoms with Crippen molar-refractivity contribution in [3.8, 4) is 0 Å². The number of carbonyl (C=O) groups excluding carboxylic acids is 1. The van der Waals surface area contributed by atoms with Crippen molar-refractivity contribution in [3.05, 3.63) is 53.1 Å². The van der Waals surface area contributed by atoms with Crippen LogP contribution < -0.4 is 11.1 Å². The molecule has 0 aliphatic rings. The summed E-state index contributed by atoms with van der Waals surface area (Å²) in [5, 5.41) is 3.15. The standard InChI is InChI=1S/C14H11ClN4OS/c15-9-6-7-10-13(19-21-18-10)12(9)17-14(20)11(16)8-4-2-1-3-5-8/h1-7,11H,16H2,(H,17,20). The number of halogens is 1. The molecule has 1 aromatic heterocycles. The van der Waals surface area contributed by atoms with Crippen molar-refractivity contribution in [1.29, 1.82) is 0 Å². The Labute approximate surface area is 130 Å². The average Bonchev–Trinajstić information content (AvgIpc) is 2.99. The molecular formula is C14H11ClN4OS. The molecule has 0 saturated carbocycles. The summed E-state index contributed by atoms with van der Waals surface area (Å²) in [7, 11) is 0. The number of benzene rings is 2. The van der Waals surface area contributed by atoms with Gasteiger partial charge < -0.3 is 11.1 Å². The number of rotatable bonds is 3. The van der Waals surface area contributed by atoms with Crippen LogP contribution in [0.5, 0.6) is 0 Å². The van der Waals surface area contributed by atoms with Gasteiger partial charge in [-0.25, -0.2) is 0 Å². The first-order valence-corrected chi connectivity index (χ1v) is 7.30. The molecule has 21 heavy (non-hydrogen) atoms. The van der Waals surface area contributed by atoms with Crippen molar-refractivity contribution in [1.82, 2.24) is 8.75 Å². The van der Waals surface area contributed by atoms with E-state index in [0.717, 1.165) is 17.3 Å². The number of amides is 1. The Hall–Kier alpha value is -2.02. The van der Waals surface area contributed by atoms with Crippen LogP contribution in [0.25, 0.3) is 11.0 Å². The van der Waals surface area contributed by atoms with Gasteiger partial charge in [0.15, 0.2) is 0 Å². The lowest BCUT2D eigenvalue weighted by atomic mass is 10.1. The lowest BCUT2D eigenvalue weighted by molar-refractivity contribution is -0.117. The minimum atomic E-state index is -0.774. The molecule has 2 aromatic carbocycles. The highest BCUT2D eigenvalue weighted by molar-refractivity contribution is 7.00. The monoisotopic (exact) mass is 318 g/mol. The third-order valence-corrected chi connectivity index (χ3v) is 3.92. The summed E-state index contributed by atoms with van der Waals surface area (Å²) in [4.78, 5) is 12.3. The van der Waals surface area contributed by atoms with E-state index in [1.807, 2.05) is 18.2 Å². The molecule has 3 aromatic rings. The smallest absolute Gasteiger partial charge is 0.245 e. The van der Waals surface area contributed by atoms with E-state index in [9.17, 15) is 4.79 Å². The number of nitrogens with two attached hydrogens (primary N) is 1. The average molecular weight is 319 g/mol. The predicted octanol–water partition coefficient (Wildman–Crippen LogP) is 2.98. The quantitative estimate of drug-likeness (QED) is 0.778. The molecule has 5 nitrogen and oxygen atoms in total. The summed E-state index contributed by atoms with van der Waals surface area (Å²) in [6, 6.07) is 11.8. The van der Waals surface area contributed by atoms with Crippen molar-refractivity contribution in [2.45, 2.75) is 6.04 Å². The molecule has 0 aliphatic carbocycles. The van der Waals surface area contributed by atoms with E-state index in [0.29, 0.717) is 21.7 Å². The van der Waals surface area contributed by atoms with Crippen LogP contribution in [-0.2, 0) is 4.79 Å². The Balaban J connectivity index is 1.90. The second-order valence-electron chi connectivity index (χ2n) is 4.43. The molecule has 0 spiro atoms. The summed E-state index contributed by atoms with van der Waals surface area (Å²) >= 11 is 7.20. The minimum absolute atomic E-state index is 0.344. The first-order chi connectivity index (χ1) is 10.2. The maximum absolute atomic E-state index is 12.3. The van der Waals surface area contributed by atoms with Crippen LogP contribution in [0.4, 0.5) is 5.69 Å². The molecule has 7 heteroatoms. The molecule has 1 amide bonds. The zero-order valence-electron chi connectivity index (χ0n) is 10.8. The molecule has 0 bridgehead atoms. The van der Waals surface area contributed by atoms with Crippen LogP contribution >= 0.6 is 23.3 Å². The van der Waals surface area contributed by atoms with Crippen LogP contribution in [0.3, 0.4) is 0 Å². The van der Waals surface area contributed by atoms with Gasteiger partial charge in [-0.15, -0.1) is 0 Å². The summed E-state index contributed by atoms with van der Waals surface area (Å²) in [5.41, 5.74) is 8.40. The van der Waals surface area contributed by atoms with Gasteiger partial charge >= 0.3 is 0 Å². The van der Waals surface area contributed by atoms with Crippen LogP contribution in [-0.4, -0.2) is 14.7 Å². The fourth-order valence-corrected chi connectivity index (χ4v) is 2.70. The SMILES string of the molecule is NC(C(=O)Nc1c(Cl)ccc2nsnc12)c1ccccc1. The topological polar surface area (TPSA) is 80.9 Å². The van der Waals surface area contributed by atoms with E-state index in [2.05, 4.69) is 14.1 Å². The molecule has 1 atom stereocenters. The Morgan fingerprint density at radius 2 is 1.95 bits per heavy atom. The normalized spacial score (nSPS) is 12.3. The van der Waals surface area contributed by atoms with E-state index in [1.54, 1.807) is 24.3 Å². The van der Waals surface area contributed by atoms with Gasteiger partial charge in [0.05, 0.1) is 22.4 Å². The molecule has 1 unspecified atom stereocenters. The number of nitrogens with one attached hydrogen (secondary N) is 1. The second-order valence-corrected chi connectivity index (χ2v) is 5.37. The number of carbonyl (C=O) groups is 1. The van der Waals surface area contributed by atoms with Crippen LogP contribution in [0, 0.1) is 0 Å². The van der Waals surface area contributed by atoms with Crippen molar-refractivity contribution < 1.29 is 4.79 Å². The van der Waals surface area contributed by atoms with E-state index in [4.69, 9.17) is 17.3 Å². The van der Waals surface area contributed by atoms with E-state index in [-0.39, 0.29) is 5.91 Å². The highest BCUT2D eigenvalue weighted by Gasteiger charge is 2.19. The van der Waals surface area contributed by atoms with Crippen molar-refractivity contribution in [3.63, 3.8) is 0 Å². The highest BCUT2D eigenvalue weighted by atomic mass is 35.5. The van der Waals surface area contributed by atoms with Crippen molar-refractivity contribution in [2.24, 2.45) is 5.73 Å². The minimum Gasteiger partial charge on any atom is -0.321 e. The van der Waals surface area contributed by atoms with Gasteiger partial charge in [0.1, 0.15) is 17.1 Å². The molecule has 3 N–H and O–H groups in total. The Kier molecular flexibility index (Phi) is 3.83. The first-order valence-electron chi connectivity index (χ1n) is 6.19. The van der Waals surface area contributed by atoms with Crippen molar-refractivity contribution in [2.75, 3.05) is 5.32 Å². The molecule has 0 fully saturated rings. The summed E-state index contributed by atoms with van der Waals surface area (Å²) < 4.78 is 8.28. The first kappa shape index (κ1) is 13.9.